The lowest BCUT2D eigenvalue weighted by atomic mass is 9.93. The van der Waals surface area contributed by atoms with Crippen molar-refractivity contribution in [2.45, 2.75) is 70.7 Å². The Bertz CT molecular complexity index is 630. The molecular formula is C19H32N4O5. The molecule has 0 aliphatic carbocycles. The summed E-state index contributed by atoms with van der Waals surface area (Å²) >= 11 is 0. The van der Waals surface area contributed by atoms with Gasteiger partial charge in [-0.2, -0.15) is 0 Å². The molecule has 2 rings (SSSR count). The number of nitrogens with one attached hydrogen (secondary N) is 2. The SMILES string of the molecule is CC(C)C[C@H](NC(=O)CNC(=O)C1CCCN1C(=O)C(C)N)C(=O)C1(C)CO1. The molecule has 28 heavy (non-hydrogen) atoms. The molecule has 2 fully saturated rings. The summed E-state index contributed by atoms with van der Waals surface area (Å²) in [5.74, 6) is -1.04. The van der Waals surface area contributed by atoms with Crippen molar-refractivity contribution in [3.63, 3.8) is 0 Å². The third kappa shape index (κ3) is 5.51. The second-order valence-corrected chi connectivity index (χ2v) is 8.33. The summed E-state index contributed by atoms with van der Waals surface area (Å²) in [6.07, 6.45) is 1.75. The van der Waals surface area contributed by atoms with E-state index in [1.54, 1.807) is 13.8 Å². The minimum Gasteiger partial charge on any atom is -0.361 e. The topological polar surface area (TPSA) is 134 Å². The number of nitrogens with two attached hydrogens (primary N) is 1. The van der Waals surface area contributed by atoms with E-state index in [0.29, 0.717) is 32.4 Å². The molecule has 0 saturated carbocycles. The highest BCUT2D eigenvalue weighted by atomic mass is 16.6. The lowest BCUT2D eigenvalue weighted by Crippen LogP contribution is -2.53. The van der Waals surface area contributed by atoms with E-state index in [4.69, 9.17) is 10.5 Å². The molecule has 0 spiro atoms. The molecule has 0 radical (unpaired) electrons. The van der Waals surface area contributed by atoms with E-state index >= 15 is 0 Å². The van der Waals surface area contributed by atoms with Gasteiger partial charge in [0.2, 0.25) is 17.7 Å². The molecule has 2 aliphatic rings. The van der Waals surface area contributed by atoms with Gasteiger partial charge in [-0.1, -0.05) is 13.8 Å². The number of carbonyl (C=O) groups excluding carboxylic acids is 4. The second kappa shape index (κ2) is 9.00. The van der Waals surface area contributed by atoms with Crippen molar-refractivity contribution in [1.82, 2.24) is 15.5 Å². The molecule has 0 bridgehead atoms. The maximum absolute atomic E-state index is 12.5. The van der Waals surface area contributed by atoms with Gasteiger partial charge in [-0.25, -0.2) is 0 Å². The zero-order chi connectivity index (χ0) is 21.1. The lowest BCUT2D eigenvalue weighted by Gasteiger charge is -2.25. The van der Waals surface area contributed by atoms with Gasteiger partial charge in [0.25, 0.3) is 0 Å². The minimum absolute atomic E-state index is 0.148. The van der Waals surface area contributed by atoms with E-state index in [1.807, 2.05) is 13.8 Å². The summed E-state index contributed by atoms with van der Waals surface area (Å²) in [5, 5.41) is 5.28. The Labute approximate surface area is 165 Å². The van der Waals surface area contributed by atoms with Gasteiger partial charge in [-0.05, 0) is 39.0 Å². The van der Waals surface area contributed by atoms with Crippen LogP contribution in [-0.4, -0.2) is 71.8 Å². The van der Waals surface area contributed by atoms with Gasteiger partial charge < -0.3 is 26.0 Å². The van der Waals surface area contributed by atoms with Gasteiger partial charge >= 0.3 is 0 Å². The predicted octanol–water partition coefficient (Wildman–Crippen LogP) is -0.670. The number of Topliss-reactive ketones (excluding diaryl/α,β-unsaturated/α-hetero) is 1. The first-order chi connectivity index (χ1) is 13.0. The molecule has 0 aromatic rings. The number of carbonyl (C=O) groups is 4. The normalized spacial score (nSPS) is 25.9. The summed E-state index contributed by atoms with van der Waals surface area (Å²) < 4.78 is 5.20. The van der Waals surface area contributed by atoms with Crippen molar-refractivity contribution in [2.24, 2.45) is 11.7 Å². The van der Waals surface area contributed by atoms with Crippen LogP contribution in [0.25, 0.3) is 0 Å². The third-order valence-electron chi connectivity index (χ3n) is 5.11. The molecule has 3 amide bonds. The zero-order valence-electron chi connectivity index (χ0n) is 17.1. The van der Waals surface area contributed by atoms with E-state index in [-0.39, 0.29) is 30.1 Å². The number of hydrogen-bond acceptors (Lipinski definition) is 6. The van der Waals surface area contributed by atoms with Gasteiger partial charge in [0, 0.05) is 6.54 Å². The van der Waals surface area contributed by atoms with Gasteiger partial charge in [-0.3, -0.25) is 19.2 Å². The van der Waals surface area contributed by atoms with Crippen molar-refractivity contribution in [2.75, 3.05) is 19.7 Å². The lowest BCUT2D eigenvalue weighted by molar-refractivity contribution is -0.139. The van der Waals surface area contributed by atoms with Crippen molar-refractivity contribution >= 4 is 23.5 Å². The number of ketones is 1. The van der Waals surface area contributed by atoms with Crippen LogP contribution >= 0.6 is 0 Å². The van der Waals surface area contributed by atoms with Crippen LogP contribution in [0.15, 0.2) is 0 Å². The Morgan fingerprint density at radius 2 is 1.89 bits per heavy atom. The van der Waals surface area contributed by atoms with Crippen LogP contribution < -0.4 is 16.4 Å². The number of amides is 3. The van der Waals surface area contributed by atoms with Gasteiger partial charge in [0.1, 0.15) is 11.6 Å². The Morgan fingerprint density at radius 3 is 2.43 bits per heavy atom. The van der Waals surface area contributed by atoms with Crippen LogP contribution in [0, 0.1) is 5.92 Å². The molecule has 4 atom stereocenters. The molecule has 4 N–H and O–H groups in total. The first-order valence-electron chi connectivity index (χ1n) is 9.86. The van der Waals surface area contributed by atoms with Crippen LogP contribution in [0.5, 0.6) is 0 Å². The van der Waals surface area contributed by atoms with E-state index in [1.165, 1.54) is 4.90 Å². The molecular weight excluding hydrogens is 364 g/mol. The second-order valence-electron chi connectivity index (χ2n) is 8.33. The molecule has 9 heteroatoms. The fourth-order valence-corrected chi connectivity index (χ4v) is 3.42. The molecule has 0 aromatic heterocycles. The maximum atomic E-state index is 12.5. The van der Waals surface area contributed by atoms with Crippen LogP contribution in [0.1, 0.15) is 47.0 Å². The molecule has 0 aromatic carbocycles. The first-order valence-corrected chi connectivity index (χ1v) is 9.86. The Morgan fingerprint density at radius 1 is 1.25 bits per heavy atom. The molecule has 158 valence electrons. The molecule has 3 unspecified atom stereocenters. The van der Waals surface area contributed by atoms with Crippen LogP contribution in [-0.2, 0) is 23.9 Å². The quantitative estimate of drug-likeness (QED) is 0.443. The molecule has 2 aliphatic heterocycles. The van der Waals surface area contributed by atoms with E-state index in [2.05, 4.69) is 10.6 Å². The standard InChI is InChI=1S/C19H32N4O5/c1-11(2)8-13(16(25)19(4)10-28-19)22-15(24)9-21-17(26)14-6-5-7-23(14)18(27)12(3)20/h11-14H,5-10,20H2,1-4H3,(H,21,26)(H,22,24)/t12?,13-,14?,19?/m0/s1. The van der Waals surface area contributed by atoms with Gasteiger partial charge in [-0.15, -0.1) is 0 Å². The molecule has 2 heterocycles. The van der Waals surface area contributed by atoms with E-state index in [0.717, 1.165) is 0 Å². The van der Waals surface area contributed by atoms with E-state index < -0.39 is 29.6 Å². The smallest absolute Gasteiger partial charge is 0.243 e. The number of likely N-dealkylation sites (tertiary alicyclic amines) is 1. The monoisotopic (exact) mass is 396 g/mol. The Kier molecular flexibility index (Phi) is 7.16. The molecule has 9 nitrogen and oxygen atoms in total. The maximum Gasteiger partial charge on any atom is 0.243 e. The van der Waals surface area contributed by atoms with Crippen LogP contribution in [0.3, 0.4) is 0 Å². The largest absolute Gasteiger partial charge is 0.361 e. The first kappa shape index (κ1) is 22.3. The third-order valence-corrected chi connectivity index (χ3v) is 5.11. The number of epoxide rings is 1. The summed E-state index contributed by atoms with van der Waals surface area (Å²) in [6.45, 7) is 7.81. The highest BCUT2D eigenvalue weighted by molar-refractivity contribution is 5.97. The van der Waals surface area contributed by atoms with Crippen molar-refractivity contribution < 1.29 is 23.9 Å². The number of nitrogens with zero attached hydrogens (tertiary/aromatic N) is 1. The fourth-order valence-electron chi connectivity index (χ4n) is 3.42. The molecule has 2 saturated heterocycles. The fraction of sp³-hybridized carbons (Fsp3) is 0.789. The number of ether oxygens (including phenoxy) is 1. The zero-order valence-corrected chi connectivity index (χ0v) is 17.1. The van der Waals surface area contributed by atoms with Crippen molar-refractivity contribution in [3.05, 3.63) is 0 Å². The number of rotatable bonds is 9. The highest BCUT2D eigenvalue weighted by Gasteiger charge is 2.50. The van der Waals surface area contributed by atoms with Gasteiger partial charge in [0.15, 0.2) is 5.78 Å². The summed E-state index contributed by atoms with van der Waals surface area (Å²) in [5.41, 5.74) is 4.81. The van der Waals surface area contributed by atoms with E-state index in [9.17, 15) is 19.2 Å². The van der Waals surface area contributed by atoms with Gasteiger partial charge in [0.05, 0.1) is 25.2 Å². The van der Waals surface area contributed by atoms with Crippen LogP contribution in [0.2, 0.25) is 0 Å². The number of hydrogen-bond donors (Lipinski definition) is 3. The predicted molar refractivity (Wildman–Crippen MR) is 102 cm³/mol. The average molecular weight is 396 g/mol. The van der Waals surface area contributed by atoms with Crippen LogP contribution in [0.4, 0.5) is 0 Å². The Hall–Kier alpha value is -2.00. The van der Waals surface area contributed by atoms with Crippen molar-refractivity contribution in [1.29, 1.82) is 0 Å². The average Bonchev–Trinajstić information content (AvgIpc) is 3.18. The summed E-state index contributed by atoms with van der Waals surface area (Å²) in [6, 6.07) is -1.94. The summed E-state index contributed by atoms with van der Waals surface area (Å²) in [7, 11) is 0. The Balaban J connectivity index is 1.88. The minimum atomic E-state index is -0.820. The summed E-state index contributed by atoms with van der Waals surface area (Å²) in [4.78, 5) is 50.9. The van der Waals surface area contributed by atoms with Crippen molar-refractivity contribution in [3.8, 4) is 0 Å². The highest BCUT2D eigenvalue weighted by Crippen LogP contribution is 2.29.